The third kappa shape index (κ3) is 4.55. The average molecular weight is 340 g/mol. The molecular weight excluding hydrogens is 325 g/mol. The highest BCUT2D eigenvalue weighted by Gasteiger charge is 2.33. The number of hydrogen-bond acceptors (Lipinski definition) is 3. The summed E-state index contributed by atoms with van der Waals surface area (Å²) in [5.74, 6) is 0.873. The van der Waals surface area contributed by atoms with Gasteiger partial charge >= 0.3 is 12.2 Å². The van der Waals surface area contributed by atoms with E-state index >= 15 is 0 Å². The number of hydrogen-bond donors (Lipinski definition) is 2. The number of carbonyl (C=O) groups is 1. The van der Waals surface area contributed by atoms with Gasteiger partial charge in [-0.3, -0.25) is 0 Å². The van der Waals surface area contributed by atoms with Crippen molar-refractivity contribution in [1.29, 1.82) is 0 Å². The van der Waals surface area contributed by atoms with E-state index in [1.807, 2.05) is 0 Å². The molecular formula is C16H15F3N2O3. The van der Waals surface area contributed by atoms with Gasteiger partial charge < -0.3 is 20.1 Å². The second-order valence-electron chi connectivity index (χ2n) is 4.61. The molecule has 0 unspecified atom stereocenters. The lowest BCUT2D eigenvalue weighted by Gasteiger charge is -2.14. The topological polar surface area (TPSA) is 59.6 Å². The van der Waals surface area contributed by atoms with Crippen LogP contribution in [0, 0.1) is 0 Å². The van der Waals surface area contributed by atoms with Crippen LogP contribution in [0.3, 0.4) is 0 Å². The highest BCUT2D eigenvalue weighted by Crippen LogP contribution is 2.34. The largest absolute Gasteiger partial charge is 0.493 e. The Labute approximate surface area is 136 Å². The van der Waals surface area contributed by atoms with Gasteiger partial charge in [0, 0.05) is 0 Å². The summed E-state index contributed by atoms with van der Waals surface area (Å²) in [7, 11) is 1.47. The lowest BCUT2D eigenvalue weighted by atomic mass is 10.1. The van der Waals surface area contributed by atoms with Gasteiger partial charge in [0.1, 0.15) is 0 Å². The third-order valence-electron chi connectivity index (χ3n) is 3.01. The van der Waals surface area contributed by atoms with Crippen molar-refractivity contribution in [2.75, 3.05) is 19.2 Å². The molecule has 0 saturated heterocycles. The van der Waals surface area contributed by atoms with Gasteiger partial charge in [-0.15, -0.1) is 0 Å². The maximum atomic E-state index is 12.8. The molecule has 0 aliphatic heterocycles. The van der Waals surface area contributed by atoms with Crippen LogP contribution in [-0.2, 0) is 6.18 Å². The predicted molar refractivity (Wildman–Crippen MR) is 82.1 cm³/mol. The average Bonchev–Trinajstić information content (AvgIpc) is 2.55. The first-order valence-corrected chi connectivity index (χ1v) is 6.88. The van der Waals surface area contributed by atoms with Gasteiger partial charge in [0.2, 0.25) is 0 Å². The van der Waals surface area contributed by atoms with E-state index in [0.717, 1.165) is 6.07 Å². The molecule has 8 heteroatoms. The fourth-order valence-corrected chi connectivity index (χ4v) is 1.92. The smallest absolute Gasteiger partial charge is 0.418 e. The van der Waals surface area contributed by atoms with Crippen molar-refractivity contribution in [1.82, 2.24) is 5.32 Å². The summed E-state index contributed by atoms with van der Waals surface area (Å²) >= 11 is 0. The molecule has 2 aromatic rings. The van der Waals surface area contributed by atoms with Crippen LogP contribution in [0.4, 0.5) is 23.7 Å². The van der Waals surface area contributed by atoms with Crippen molar-refractivity contribution in [2.45, 2.75) is 6.18 Å². The molecule has 5 nitrogen and oxygen atoms in total. The van der Waals surface area contributed by atoms with Crippen molar-refractivity contribution in [3.8, 4) is 11.5 Å². The standard InChI is InChI=1S/C16H15F3N2O3/c1-23-13-8-4-5-9-14(13)24-10-20-15(22)21-12-7-3-2-6-11(12)16(17,18)19/h2-9H,10H2,1H3,(H2,20,21,22). The fraction of sp³-hybridized carbons (Fsp3) is 0.188. The van der Waals surface area contributed by atoms with Crippen molar-refractivity contribution >= 4 is 11.7 Å². The van der Waals surface area contributed by atoms with E-state index in [0.29, 0.717) is 11.5 Å². The molecule has 0 saturated carbocycles. The minimum absolute atomic E-state index is 0.236. The maximum absolute atomic E-state index is 12.8. The van der Waals surface area contributed by atoms with E-state index in [2.05, 4.69) is 10.6 Å². The van der Waals surface area contributed by atoms with Crippen molar-refractivity contribution < 1.29 is 27.4 Å². The lowest BCUT2D eigenvalue weighted by molar-refractivity contribution is -0.136. The van der Waals surface area contributed by atoms with E-state index in [1.54, 1.807) is 24.3 Å². The summed E-state index contributed by atoms with van der Waals surface area (Å²) in [6.45, 7) is -0.236. The van der Waals surface area contributed by atoms with Crippen LogP contribution in [0.15, 0.2) is 48.5 Å². The van der Waals surface area contributed by atoms with Gasteiger partial charge in [0.05, 0.1) is 18.4 Å². The fourth-order valence-electron chi connectivity index (χ4n) is 1.92. The van der Waals surface area contributed by atoms with Gasteiger partial charge in [-0.2, -0.15) is 13.2 Å². The Bertz CT molecular complexity index is 705. The molecule has 0 bridgehead atoms. The van der Waals surface area contributed by atoms with Gasteiger partial charge in [-0.25, -0.2) is 4.79 Å². The van der Waals surface area contributed by atoms with E-state index in [-0.39, 0.29) is 12.4 Å². The molecule has 2 N–H and O–H groups in total. The highest BCUT2D eigenvalue weighted by molar-refractivity contribution is 5.90. The number of halogens is 3. The molecule has 0 aliphatic carbocycles. The molecule has 2 rings (SSSR count). The minimum Gasteiger partial charge on any atom is -0.493 e. The summed E-state index contributed by atoms with van der Waals surface area (Å²) < 4.78 is 48.9. The number of methoxy groups -OCH3 is 1. The van der Waals surface area contributed by atoms with Crippen molar-refractivity contribution in [3.63, 3.8) is 0 Å². The number of alkyl halides is 3. The Morgan fingerprint density at radius 2 is 1.67 bits per heavy atom. The zero-order chi connectivity index (χ0) is 17.6. The molecule has 2 aromatic carbocycles. The van der Waals surface area contributed by atoms with Gasteiger partial charge in [0.15, 0.2) is 18.2 Å². The summed E-state index contributed by atoms with van der Waals surface area (Å²) in [6.07, 6.45) is -4.56. The van der Waals surface area contributed by atoms with E-state index in [4.69, 9.17) is 9.47 Å². The van der Waals surface area contributed by atoms with Crippen LogP contribution in [0.5, 0.6) is 11.5 Å². The molecule has 2 amide bonds. The molecule has 0 fully saturated rings. The quantitative estimate of drug-likeness (QED) is 0.812. The second-order valence-corrected chi connectivity index (χ2v) is 4.61. The number of amides is 2. The number of rotatable bonds is 5. The van der Waals surface area contributed by atoms with E-state index < -0.39 is 17.8 Å². The number of benzene rings is 2. The van der Waals surface area contributed by atoms with Crippen LogP contribution >= 0.6 is 0 Å². The summed E-state index contributed by atoms with van der Waals surface area (Å²) in [5.41, 5.74) is -1.26. The van der Waals surface area contributed by atoms with Crippen LogP contribution < -0.4 is 20.1 Å². The first kappa shape index (κ1) is 17.5. The van der Waals surface area contributed by atoms with Crippen molar-refractivity contribution in [2.24, 2.45) is 0 Å². The van der Waals surface area contributed by atoms with Crippen LogP contribution in [0.25, 0.3) is 0 Å². The Kier molecular flexibility index (Phi) is 5.51. The second kappa shape index (κ2) is 7.58. The molecule has 0 aliphatic rings. The lowest BCUT2D eigenvalue weighted by Crippen LogP contribution is -2.32. The number of anilines is 1. The predicted octanol–water partition coefficient (Wildman–Crippen LogP) is 3.87. The molecule has 128 valence electrons. The number of urea groups is 1. The SMILES string of the molecule is COc1ccccc1OCNC(=O)Nc1ccccc1C(F)(F)F. The number of ether oxygens (including phenoxy) is 2. The third-order valence-corrected chi connectivity index (χ3v) is 3.01. The van der Waals surface area contributed by atoms with Gasteiger partial charge in [0.25, 0.3) is 0 Å². The van der Waals surface area contributed by atoms with E-state index in [1.165, 1.54) is 25.3 Å². The van der Waals surface area contributed by atoms with Crippen molar-refractivity contribution in [3.05, 3.63) is 54.1 Å². The highest BCUT2D eigenvalue weighted by atomic mass is 19.4. The summed E-state index contributed by atoms with van der Waals surface area (Å²) in [4.78, 5) is 11.7. The molecule has 0 heterocycles. The van der Waals surface area contributed by atoms with Crippen LogP contribution in [0.1, 0.15) is 5.56 Å². The minimum atomic E-state index is -4.56. The van der Waals surface area contributed by atoms with Gasteiger partial charge in [-0.05, 0) is 24.3 Å². The van der Waals surface area contributed by atoms with Gasteiger partial charge in [-0.1, -0.05) is 24.3 Å². The first-order chi connectivity index (χ1) is 11.4. The first-order valence-electron chi connectivity index (χ1n) is 6.88. The number of nitrogens with one attached hydrogen (secondary N) is 2. The Morgan fingerprint density at radius 3 is 2.33 bits per heavy atom. The van der Waals surface area contributed by atoms with Crippen LogP contribution in [0.2, 0.25) is 0 Å². The Balaban J connectivity index is 1.93. The summed E-state index contributed by atoms with van der Waals surface area (Å²) in [5, 5.41) is 4.47. The molecule has 0 aromatic heterocycles. The monoisotopic (exact) mass is 340 g/mol. The van der Waals surface area contributed by atoms with Crippen LogP contribution in [-0.4, -0.2) is 19.9 Å². The number of carbonyl (C=O) groups excluding carboxylic acids is 1. The normalized spacial score (nSPS) is 10.8. The maximum Gasteiger partial charge on any atom is 0.418 e. The molecule has 24 heavy (non-hydrogen) atoms. The Hall–Kier alpha value is -2.90. The number of para-hydroxylation sites is 3. The zero-order valence-electron chi connectivity index (χ0n) is 12.7. The molecule has 0 spiro atoms. The Morgan fingerprint density at radius 1 is 1.04 bits per heavy atom. The molecule has 0 atom stereocenters. The van der Waals surface area contributed by atoms with E-state index in [9.17, 15) is 18.0 Å². The summed E-state index contributed by atoms with van der Waals surface area (Å²) in [6, 6.07) is 10.7. The molecule has 0 radical (unpaired) electrons. The zero-order valence-corrected chi connectivity index (χ0v) is 12.7.